The number of aliphatic imine (C=N–C) groups is 1. The van der Waals surface area contributed by atoms with E-state index in [9.17, 15) is 0 Å². The van der Waals surface area contributed by atoms with Crippen LogP contribution in [0.4, 0.5) is 0 Å². The van der Waals surface area contributed by atoms with Gasteiger partial charge in [-0.15, -0.1) is 0 Å². The van der Waals surface area contributed by atoms with E-state index in [-0.39, 0.29) is 0 Å². The van der Waals surface area contributed by atoms with E-state index < -0.39 is 0 Å². The van der Waals surface area contributed by atoms with Gasteiger partial charge in [0, 0.05) is 37.6 Å². The van der Waals surface area contributed by atoms with Crippen LogP contribution in [0.15, 0.2) is 29.3 Å². The minimum Gasteiger partial charge on any atom is -0.377 e. The van der Waals surface area contributed by atoms with Crippen molar-refractivity contribution in [2.75, 3.05) is 13.7 Å². The second-order valence-corrected chi connectivity index (χ2v) is 7.37. The topological polar surface area (TPSA) is 45.7 Å². The molecule has 0 aromatic heterocycles. The van der Waals surface area contributed by atoms with Crippen LogP contribution < -0.4 is 10.6 Å². The van der Waals surface area contributed by atoms with E-state index in [4.69, 9.17) is 4.74 Å². The van der Waals surface area contributed by atoms with Crippen LogP contribution in [0.5, 0.6) is 0 Å². The first-order chi connectivity index (χ1) is 11.2. The Morgan fingerprint density at radius 3 is 2.96 bits per heavy atom. The predicted octanol–water partition coefficient (Wildman–Crippen LogP) is 2.62. The van der Waals surface area contributed by atoms with Crippen LogP contribution in [-0.4, -0.2) is 31.8 Å². The van der Waals surface area contributed by atoms with Crippen molar-refractivity contribution in [1.29, 1.82) is 0 Å². The highest BCUT2D eigenvalue weighted by atomic mass is 16.5. The lowest BCUT2D eigenvalue weighted by atomic mass is 9.46. The van der Waals surface area contributed by atoms with Crippen LogP contribution in [-0.2, 0) is 11.3 Å². The van der Waals surface area contributed by atoms with E-state index in [0.717, 1.165) is 19.1 Å². The van der Waals surface area contributed by atoms with Crippen molar-refractivity contribution in [3.63, 3.8) is 0 Å². The van der Waals surface area contributed by atoms with Crippen molar-refractivity contribution in [2.45, 2.75) is 51.3 Å². The standard InChI is InChI=1S/C19H27N3O/c1-13-5-3-6-14(11-13)12-21-18(20-2)22-16-15-7-10-23-17(15)19(16)8-4-9-19/h3,5-6,11,15-17H,4,7-10,12H2,1-2H3,(H2,20,21,22). The van der Waals surface area contributed by atoms with Crippen molar-refractivity contribution in [3.8, 4) is 0 Å². The van der Waals surface area contributed by atoms with Crippen LogP contribution in [0.2, 0.25) is 0 Å². The van der Waals surface area contributed by atoms with Gasteiger partial charge in [-0.3, -0.25) is 4.99 Å². The summed E-state index contributed by atoms with van der Waals surface area (Å²) in [6.45, 7) is 3.88. The number of nitrogens with one attached hydrogen (secondary N) is 2. The molecule has 1 aromatic carbocycles. The molecule has 4 nitrogen and oxygen atoms in total. The first-order valence-corrected chi connectivity index (χ1v) is 8.87. The second kappa shape index (κ2) is 5.82. The maximum Gasteiger partial charge on any atom is 0.191 e. The summed E-state index contributed by atoms with van der Waals surface area (Å²) < 4.78 is 6.00. The van der Waals surface area contributed by atoms with E-state index in [1.54, 1.807) is 0 Å². The van der Waals surface area contributed by atoms with Gasteiger partial charge in [0.1, 0.15) is 0 Å². The Morgan fingerprint density at radius 2 is 2.26 bits per heavy atom. The molecule has 2 saturated carbocycles. The van der Waals surface area contributed by atoms with E-state index in [2.05, 4.69) is 46.8 Å². The zero-order chi connectivity index (χ0) is 15.9. The van der Waals surface area contributed by atoms with Gasteiger partial charge in [-0.1, -0.05) is 36.2 Å². The number of ether oxygens (including phenoxy) is 1. The fourth-order valence-corrected chi connectivity index (χ4v) is 4.81. The van der Waals surface area contributed by atoms with Crippen LogP contribution in [0.25, 0.3) is 0 Å². The maximum absolute atomic E-state index is 6.00. The van der Waals surface area contributed by atoms with Crippen molar-refractivity contribution < 1.29 is 4.74 Å². The molecule has 124 valence electrons. The molecule has 1 spiro atoms. The largest absolute Gasteiger partial charge is 0.377 e. The van der Waals surface area contributed by atoms with Gasteiger partial charge < -0.3 is 15.4 Å². The van der Waals surface area contributed by atoms with E-state index >= 15 is 0 Å². The molecule has 3 aliphatic rings. The Bertz CT molecular complexity index is 608. The molecule has 1 saturated heterocycles. The van der Waals surface area contributed by atoms with Crippen LogP contribution in [0, 0.1) is 18.3 Å². The Morgan fingerprint density at radius 1 is 1.39 bits per heavy atom. The van der Waals surface area contributed by atoms with Gasteiger partial charge in [0.25, 0.3) is 0 Å². The summed E-state index contributed by atoms with van der Waals surface area (Å²) in [6.07, 6.45) is 5.66. The van der Waals surface area contributed by atoms with Crippen molar-refractivity contribution >= 4 is 5.96 Å². The molecule has 1 heterocycles. The zero-order valence-corrected chi connectivity index (χ0v) is 14.1. The normalized spacial score (nSPS) is 31.2. The van der Waals surface area contributed by atoms with Gasteiger partial charge in [0.05, 0.1) is 6.10 Å². The maximum atomic E-state index is 6.00. The summed E-state index contributed by atoms with van der Waals surface area (Å²) >= 11 is 0. The van der Waals surface area contributed by atoms with Crippen LogP contribution >= 0.6 is 0 Å². The third kappa shape index (κ3) is 2.44. The molecular formula is C19H27N3O. The lowest BCUT2D eigenvalue weighted by Crippen LogP contribution is -2.72. The van der Waals surface area contributed by atoms with Crippen LogP contribution in [0.1, 0.15) is 36.8 Å². The summed E-state index contributed by atoms with van der Waals surface area (Å²) in [5.74, 6) is 1.60. The molecule has 4 heteroatoms. The molecule has 23 heavy (non-hydrogen) atoms. The molecule has 0 radical (unpaired) electrons. The third-order valence-corrected chi connectivity index (χ3v) is 6.09. The highest BCUT2D eigenvalue weighted by Gasteiger charge is 2.66. The highest BCUT2D eigenvalue weighted by molar-refractivity contribution is 5.80. The van der Waals surface area contributed by atoms with Crippen molar-refractivity contribution in [3.05, 3.63) is 35.4 Å². The molecule has 3 fully saturated rings. The number of fused-ring (bicyclic) bond motifs is 2. The highest BCUT2D eigenvalue weighted by Crippen LogP contribution is 2.62. The molecule has 4 rings (SSSR count). The summed E-state index contributed by atoms with van der Waals surface area (Å²) in [7, 11) is 1.86. The fraction of sp³-hybridized carbons (Fsp3) is 0.632. The number of benzene rings is 1. The van der Waals surface area contributed by atoms with E-state index in [1.165, 1.54) is 36.8 Å². The summed E-state index contributed by atoms with van der Waals surface area (Å²) in [5, 5.41) is 7.19. The molecule has 3 atom stereocenters. The van der Waals surface area contributed by atoms with E-state index in [0.29, 0.717) is 23.5 Å². The summed E-state index contributed by atoms with van der Waals surface area (Å²) in [4.78, 5) is 4.44. The Hall–Kier alpha value is -1.55. The number of rotatable bonds is 3. The fourth-order valence-electron chi connectivity index (χ4n) is 4.81. The first-order valence-electron chi connectivity index (χ1n) is 8.87. The third-order valence-electron chi connectivity index (χ3n) is 6.09. The average Bonchev–Trinajstić information content (AvgIpc) is 2.91. The molecule has 2 N–H and O–H groups in total. The number of guanidine groups is 1. The second-order valence-electron chi connectivity index (χ2n) is 7.37. The van der Waals surface area contributed by atoms with Crippen LogP contribution in [0.3, 0.4) is 0 Å². The minimum absolute atomic E-state index is 0.391. The SMILES string of the molecule is CN=C(NCc1cccc(C)c1)NC1C2CCOC2C12CCC2. The number of aryl methyl sites for hydroxylation is 1. The molecule has 1 aromatic rings. The summed E-state index contributed by atoms with van der Waals surface area (Å²) in [6, 6.07) is 9.15. The quantitative estimate of drug-likeness (QED) is 0.666. The van der Waals surface area contributed by atoms with Gasteiger partial charge in [-0.25, -0.2) is 0 Å². The molecule has 0 bridgehead atoms. The molecule has 2 aliphatic carbocycles. The monoisotopic (exact) mass is 313 g/mol. The predicted molar refractivity (Wildman–Crippen MR) is 92.4 cm³/mol. The van der Waals surface area contributed by atoms with Gasteiger partial charge in [-0.2, -0.15) is 0 Å². The summed E-state index contributed by atoms with van der Waals surface area (Å²) in [5.41, 5.74) is 2.98. The number of hydrogen-bond acceptors (Lipinski definition) is 2. The van der Waals surface area contributed by atoms with Gasteiger partial charge in [0.2, 0.25) is 0 Å². The Balaban J connectivity index is 1.39. The van der Waals surface area contributed by atoms with Gasteiger partial charge in [0.15, 0.2) is 5.96 Å². The molecular weight excluding hydrogens is 286 g/mol. The van der Waals surface area contributed by atoms with Crippen molar-refractivity contribution in [2.24, 2.45) is 16.3 Å². The number of hydrogen-bond donors (Lipinski definition) is 2. The minimum atomic E-state index is 0.391. The number of nitrogens with zero attached hydrogens (tertiary/aromatic N) is 1. The Kier molecular flexibility index (Phi) is 3.80. The van der Waals surface area contributed by atoms with E-state index in [1.807, 2.05) is 7.05 Å². The van der Waals surface area contributed by atoms with Crippen molar-refractivity contribution in [1.82, 2.24) is 10.6 Å². The van der Waals surface area contributed by atoms with Gasteiger partial charge in [-0.05, 0) is 31.7 Å². The molecule has 0 amide bonds. The van der Waals surface area contributed by atoms with Gasteiger partial charge >= 0.3 is 0 Å². The zero-order valence-electron chi connectivity index (χ0n) is 14.1. The Labute approximate surface area is 138 Å². The first kappa shape index (κ1) is 15.0. The lowest BCUT2D eigenvalue weighted by Gasteiger charge is -2.63. The lowest BCUT2D eigenvalue weighted by molar-refractivity contribution is -0.171. The molecule has 3 unspecified atom stereocenters. The average molecular weight is 313 g/mol. The smallest absolute Gasteiger partial charge is 0.191 e. The molecule has 1 aliphatic heterocycles.